The second kappa shape index (κ2) is 5.46. The van der Waals surface area contributed by atoms with Gasteiger partial charge in [-0.3, -0.25) is 0 Å². The first-order chi connectivity index (χ1) is 4.20. The molecule has 1 saturated heterocycles. The quantitative estimate of drug-likeness (QED) is 0.577. The summed E-state index contributed by atoms with van der Waals surface area (Å²) in [5, 5.41) is 0. The van der Waals surface area contributed by atoms with Gasteiger partial charge in [0, 0.05) is 19.1 Å². The van der Waals surface area contributed by atoms with Crippen molar-refractivity contribution in [1.29, 1.82) is 0 Å². The van der Waals surface area contributed by atoms with E-state index >= 15 is 0 Å². The SMILES string of the molecule is Cl.Cl.NC(=O)N1CC[C@@H](N)C1. The Morgan fingerprint density at radius 1 is 1.45 bits per heavy atom. The van der Waals surface area contributed by atoms with Crippen molar-refractivity contribution in [2.75, 3.05) is 13.1 Å². The lowest BCUT2D eigenvalue weighted by Gasteiger charge is -2.10. The molecule has 1 heterocycles. The van der Waals surface area contributed by atoms with Crippen LogP contribution in [0.4, 0.5) is 4.79 Å². The number of primary amides is 1. The lowest BCUT2D eigenvalue weighted by molar-refractivity contribution is 0.218. The fourth-order valence-corrected chi connectivity index (χ4v) is 0.987. The summed E-state index contributed by atoms with van der Waals surface area (Å²) in [6.07, 6.45) is 0.878. The molecule has 6 heteroatoms. The Morgan fingerprint density at radius 2 is 2.00 bits per heavy atom. The average molecular weight is 202 g/mol. The molecule has 0 radical (unpaired) electrons. The lowest BCUT2D eigenvalue weighted by Crippen LogP contribution is -2.35. The molecule has 0 spiro atoms. The number of carbonyl (C=O) groups excluding carboxylic acids is 1. The molecule has 0 aromatic rings. The molecule has 1 atom stereocenters. The summed E-state index contributed by atoms with van der Waals surface area (Å²) in [5.74, 6) is 0. The number of hydrogen-bond donors (Lipinski definition) is 2. The summed E-state index contributed by atoms with van der Waals surface area (Å²) in [6, 6.07) is -0.222. The highest BCUT2D eigenvalue weighted by Crippen LogP contribution is 2.04. The zero-order chi connectivity index (χ0) is 6.85. The second-order valence-electron chi connectivity index (χ2n) is 2.33. The number of carbonyl (C=O) groups is 1. The highest BCUT2D eigenvalue weighted by Gasteiger charge is 2.20. The molecule has 1 rings (SSSR count). The van der Waals surface area contributed by atoms with Gasteiger partial charge in [0.2, 0.25) is 0 Å². The van der Waals surface area contributed by atoms with Gasteiger partial charge in [0.05, 0.1) is 0 Å². The highest BCUT2D eigenvalue weighted by molar-refractivity contribution is 5.85. The van der Waals surface area contributed by atoms with Gasteiger partial charge in [0.1, 0.15) is 0 Å². The van der Waals surface area contributed by atoms with E-state index in [0.29, 0.717) is 6.54 Å². The monoisotopic (exact) mass is 201 g/mol. The van der Waals surface area contributed by atoms with E-state index in [1.165, 1.54) is 0 Å². The molecular weight excluding hydrogens is 189 g/mol. The predicted molar refractivity (Wildman–Crippen MR) is 48.2 cm³/mol. The van der Waals surface area contributed by atoms with Crippen molar-refractivity contribution in [3.63, 3.8) is 0 Å². The molecule has 0 bridgehead atoms. The largest absolute Gasteiger partial charge is 0.351 e. The number of rotatable bonds is 0. The van der Waals surface area contributed by atoms with Crippen LogP contribution in [0.25, 0.3) is 0 Å². The Balaban J connectivity index is 0. The second-order valence-corrected chi connectivity index (χ2v) is 2.33. The molecule has 0 aromatic carbocycles. The Bertz CT molecular complexity index is 133. The van der Waals surface area contributed by atoms with Gasteiger partial charge in [-0.05, 0) is 6.42 Å². The molecule has 1 aliphatic rings. The summed E-state index contributed by atoms with van der Waals surface area (Å²) >= 11 is 0. The van der Waals surface area contributed by atoms with E-state index in [1.807, 2.05) is 0 Å². The van der Waals surface area contributed by atoms with Crippen LogP contribution in [-0.2, 0) is 0 Å². The third kappa shape index (κ3) is 3.65. The third-order valence-electron chi connectivity index (χ3n) is 1.54. The minimum Gasteiger partial charge on any atom is -0.351 e. The van der Waals surface area contributed by atoms with Crippen LogP contribution in [0.1, 0.15) is 6.42 Å². The van der Waals surface area contributed by atoms with E-state index in [9.17, 15) is 4.79 Å². The zero-order valence-electron chi connectivity index (χ0n) is 6.03. The molecule has 4 N–H and O–H groups in total. The van der Waals surface area contributed by atoms with Gasteiger partial charge in [0.25, 0.3) is 0 Å². The van der Waals surface area contributed by atoms with Gasteiger partial charge in [-0.15, -0.1) is 24.8 Å². The van der Waals surface area contributed by atoms with Crippen LogP contribution in [0.5, 0.6) is 0 Å². The number of hydrogen-bond acceptors (Lipinski definition) is 2. The minimum atomic E-state index is -0.358. The van der Waals surface area contributed by atoms with E-state index in [2.05, 4.69) is 0 Å². The van der Waals surface area contributed by atoms with Crippen LogP contribution in [0.2, 0.25) is 0 Å². The molecule has 1 aliphatic heterocycles. The van der Waals surface area contributed by atoms with Crippen molar-refractivity contribution in [2.45, 2.75) is 12.5 Å². The third-order valence-corrected chi connectivity index (χ3v) is 1.54. The molecule has 2 amide bonds. The van der Waals surface area contributed by atoms with Crippen molar-refractivity contribution in [2.24, 2.45) is 11.5 Å². The van der Waals surface area contributed by atoms with Crippen LogP contribution >= 0.6 is 24.8 Å². The van der Waals surface area contributed by atoms with Crippen molar-refractivity contribution in [3.8, 4) is 0 Å². The van der Waals surface area contributed by atoms with Gasteiger partial charge >= 0.3 is 6.03 Å². The number of nitrogens with zero attached hydrogens (tertiary/aromatic N) is 1. The van der Waals surface area contributed by atoms with Crippen LogP contribution in [0.15, 0.2) is 0 Å². The molecule has 1 fully saturated rings. The minimum absolute atomic E-state index is 0. The van der Waals surface area contributed by atoms with Gasteiger partial charge in [-0.2, -0.15) is 0 Å². The van der Waals surface area contributed by atoms with Crippen molar-refractivity contribution in [3.05, 3.63) is 0 Å². The maximum atomic E-state index is 10.4. The van der Waals surface area contributed by atoms with E-state index in [1.54, 1.807) is 4.90 Å². The van der Waals surface area contributed by atoms with Gasteiger partial charge in [-0.1, -0.05) is 0 Å². The molecule has 68 valence electrons. The number of halogens is 2. The number of likely N-dealkylation sites (tertiary alicyclic amines) is 1. The normalized spacial score (nSPS) is 21.9. The van der Waals surface area contributed by atoms with Crippen LogP contribution in [0, 0.1) is 0 Å². The Morgan fingerprint density at radius 3 is 2.18 bits per heavy atom. The Labute approximate surface area is 78.1 Å². The van der Waals surface area contributed by atoms with Crippen molar-refractivity contribution in [1.82, 2.24) is 4.90 Å². The Kier molecular flexibility index (Phi) is 6.65. The number of nitrogens with two attached hydrogens (primary N) is 2. The smallest absolute Gasteiger partial charge is 0.314 e. The van der Waals surface area contributed by atoms with Crippen molar-refractivity contribution < 1.29 is 4.79 Å². The van der Waals surface area contributed by atoms with E-state index < -0.39 is 0 Å². The van der Waals surface area contributed by atoms with E-state index in [4.69, 9.17) is 11.5 Å². The molecule has 4 nitrogen and oxygen atoms in total. The maximum absolute atomic E-state index is 10.4. The fourth-order valence-electron chi connectivity index (χ4n) is 0.987. The van der Waals surface area contributed by atoms with Crippen LogP contribution < -0.4 is 11.5 Å². The summed E-state index contributed by atoms with van der Waals surface area (Å²) in [4.78, 5) is 12.0. The Hall–Kier alpha value is -0.190. The maximum Gasteiger partial charge on any atom is 0.314 e. The first kappa shape index (κ1) is 13.4. The topological polar surface area (TPSA) is 72.4 Å². The fraction of sp³-hybridized carbons (Fsp3) is 0.800. The molecule has 0 saturated carbocycles. The lowest BCUT2D eigenvalue weighted by atomic mass is 10.3. The number of amides is 2. The van der Waals surface area contributed by atoms with Gasteiger partial charge in [0.15, 0.2) is 0 Å². The summed E-state index contributed by atoms with van der Waals surface area (Å²) in [6.45, 7) is 1.34. The zero-order valence-corrected chi connectivity index (χ0v) is 7.66. The van der Waals surface area contributed by atoms with E-state index in [0.717, 1.165) is 13.0 Å². The molecule has 0 aromatic heterocycles. The molecule has 11 heavy (non-hydrogen) atoms. The first-order valence-electron chi connectivity index (χ1n) is 3.00. The standard InChI is InChI=1S/C5H11N3O.2ClH/c6-4-1-2-8(3-4)5(7)9;;/h4H,1-3,6H2,(H2,7,9);2*1H/t4-;;/m1../s1. The average Bonchev–Trinajstić information content (AvgIpc) is 2.14. The highest BCUT2D eigenvalue weighted by atomic mass is 35.5. The number of urea groups is 1. The van der Waals surface area contributed by atoms with Gasteiger partial charge < -0.3 is 16.4 Å². The van der Waals surface area contributed by atoms with E-state index in [-0.39, 0.29) is 36.9 Å². The predicted octanol–water partition coefficient (Wildman–Crippen LogP) is -0.0583. The van der Waals surface area contributed by atoms with Gasteiger partial charge in [-0.25, -0.2) is 4.79 Å². The summed E-state index contributed by atoms with van der Waals surface area (Å²) < 4.78 is 0. The first-order valence-corrected chi connectivity index (χ1v) is 3.00. The molecule has 0 aliphatic carbocycles. The van der Waals surface area contributed by atoms with Crippen molar-refractivity contribution >= 4 is 30.8 Å². The molecular formula is C5H13Cl2N3O. The van der Waals surface area contributed by atoms with Crippen LogP contribution in [-0.4, -0.2) is 30.1 Å². The summed E-state index contributed by atoms with van der Waals surface area (Å²) in [7, 11) is 0. The molecule has 0 unspecified atom stereocenters. The summed E-state index contributed by atoms with van der Waals surface area (Å²) in [5.41, 5.74) is 10.5. The van der Waals surface area contributed by atoms with Crippen LogP contribution in [0.3, 0.4) is 0 Å².